The van der Waals surface area contributed by atoms with Crippen LogP contribution in [-0.4, -0.2) is 47.3 Å². The minimum absolute atomic E-state index is 0.210. The number of amides is 1. The van der Waals surface area contributed by atoms with Gasteiger partial charge in [0.05, 0.1) is 18.7 Å². The molecule has 1 amide bonds. The molecule has 0 radical (unpaired) electrons. The molecule has 4 rings (SSSR count). The van der Waals surface area contributed by atoms with E-state index in [1.165, 1.54) is 5.56 Å². The van der Waals surface area contributed by atoms with Crippen LogP contribution in [0.5, 0.6) is 0 Å². The smallest absolute Gasteiger partial charge is 0.276 e. The molecule has 0 saturated carbocycles. The normalized spacial score (nSPS) is 15.4. The first-order valence-corrected chi connectivity index (χ1v) is 8.43. The Bertz CT molecular complexity index is 867. The van der Waals surface area contributed by atoms with E-state index >= 15 is 0 Å². The fourth-order valence-corrected chi connectivity index (χ4v) is 3.04. The molecular formula is C19H20N4O2. The van der Waals surface area contributed by atoms with E-state index in [-0.39, 0.29) is 5.91 Å². The zero-order valence-corrected chi connectivity index (χ0v) is 13.9. The molecule has 6 heteroatoms. The van der Waals surface area contributed by atoms with Gasteiger partial charge in [-0.15, -0.1) is 0 Å². The average Bonchev–Trinajstić information content (AvgIpc) is 3.08. The fraction of sp³-hybridized carbons (Fsp3) is 0.263. The first-order valence-electron chi connectivity index (χ1n) is 8.43. The van der Waals surface area contributed by atoms with Crippen LogP contribution in [0.2, 0.25) is 0 Å². The molecule has 0 atom stereocenters. The number of para-hydroxylation sites is 1. The number of morpholine rings is 1. The highest BCUT2D eigenvalue weighted by molar-refractivity contribution is 6.11. The number of aromatic amines is 1. The Labute approximate surface area is 145 Å². The Hall–Kier alpha value is -2.70. The van der Waals surface area contributed by atoms with Gasteiger partial charge >= 0.3 is 0 Å². The summed E-state index contributed by atoms with van der Waals surface area (Å²) in [5.41, 5.74) is 3.26. The summed E-state index contributed by atoms with van der Waals surface area (Å²) in [4.78, 5) is 14.8. The number of anilines is 1. The van der Waals surface area contributed by atoms with Crippen molar-refractivity contribution in [1.82, 2.24) is 15.1 Å². The minimum atomic E-state index is -0.210. The quantitative estimate of drug-likeness (QED) is 0.768. The van der Waals surface area contributed by atoms with Crippen LogP contribution in [0.3, 0.4) is 0 Å². The number of nitrogens with one attached hydrogen (secondary N) is 2. The number of hydrogen-bond donors (Lipinski definition) is 2. The standard InChI is InChI=1S/C19H20N4O2/c24-19(18-16-3-1-2-4-17(16)21-22-18)20-15-7-5-14(6-8-15)13-23-9-11-25-12-10-23/h1-8H,9-13H2,(H,20,24)(H,21,22). The van der Waals surface area contributed by atoms with Crippen LogP contribution in [0, 0.1) is 0 Å². The number of hydrogen-bond acceptors (Lipinski definition) is 4. The lowest BCUT2D eigenvalue weighted by Gasteiger charge is -2.26. The molecule has 1 aliphatic rings. The predicted octanol–water partition coefficient (Wildman–Crippen LogP) is 2.65. The highest BCUT2D eigenvalue weighted by Crippen LogP contribution is 2.18. The van der Waals surface area contributed by atoms with Crippen LogP contribution in [0.25, 0.3) is 10.9 Å². The predicted molar refractivity (Wildman–Crippen MR) is 96.6 cm³/mol. The van der Waals surface area contributed by atoms with E-state index < -0.39 is 0 Å². The number of carbonyl (C=O) groups is 1. The van der Waals surface area contributed by atoms with Crippen LogP contribution in [-0.2, 0) is 11.3 Å². The molecule has 25 heavy (non-hydrogen) atoms. The van der Waals surface area contributed by atoms with Gasteiger partial charge in [-0.1, -0.05) is 30.3 Å². The lowest BCUT2D eigenvalue weighted by Crippen LogP contribution is -2.35. The monoisotopic (exact) mass is 336 g/mol. The second-order valence-corrected chi connectivity index (χ2v) is 6.16. The number of fused-ring (bicyclic) bond motifs is 1. The highest BCUT2D eigenvalue weighted by atomic mass is 16.5. The molecule has 0 spiro atoms. The van der Waals surface area contributed by atoms with E-state index in [1.54, 1.807) is 0 Å². The molecule has 2 heterocycles. The lowest BCUT2D eigenvalue weighted by atomic mass is 10.1. The second kappa shape index (κ2) is 7.04. The topological polar surface area (TPSA) is 70.2 Å². The fourth-order valence-electron chi connectivity index (χ4n) is 3.04. The number of nitrogens with zero attached hydrogens (tertiary/aromatic N) is 2. The third kappa shape index (κ3) is 3.55. The van der Waals surface area contributed by atoms with Crippen LogP contribution >= 0.6 is 0 Å². The van der Waals surface area contributed by atoms with Crippen molar-refractivity contribution in [3.8, 4) is 0 Å². The third-order valence-corrected chi connectivity index (χ3v) is 4.41. The first kappa shape index (κ1) is 15.8. The Balaban J connectivity index is 1.43. The second-order valence-electron chi connectivity index (χ2n) is 6.16. The van der Waals surface area contributed by atoms with Crippen LogP contribution < -0.4 is 5.32 Å². The summed E-state index contributed by atoms with van der Waals surface area (Å²) in [6.07, 6.45) is 0. The Kier molecular flexibility index (Phi) is 4.45. The van der Waals surface area contributed by atoms with Crippen molar-refractivity contribution in [1.29, 1.82) is 0 Å². The van der Waals surface area contributed by atoms with Gasteiger partial charge in [-0.25, -0.2) is 0 Å². The van der Waals surface area contributed by atoms with Gasteiger partial charge in [0.1, 0.15) is 0 Å². The van der Waals surface area contributed by atoms with Gasteiger partial charge in [0.25, 0.3) is 5.91 Å². The molecule has 1 aromatic heterocycles. The summed E-state index contributed by atoms with van der Waals surface area (Å²) in [5.74, 6) is -0.210. The maximum absolute atomic E-state index is 12.5. The van der Waals surface area contributed by atoms with E-state index in [2.05, 4.69) is 20.4 Å². The summed E-state index contributed by atoms with van der Waals surface area (Å²) in [7, 11) is 0. The van der Waals surface area contributed by atoms with E-state index in [1.807, 2.05) is 48.5 Å². The van der Waals surface area contributed by atoms with Crippen molar-refractivity contribution in [2.75, 3.05) is 31.6 Å². The maximum atomic E-state index is 12.5. The first-order chi connectivity index (χ1) is 12.3. The van der Waals surface area contributed by atoms with Gasteiger partial charge in [-0.05, 0) is 23.8 Å². The van der Waals surface area contributed by atoms with Gasteiger partial charge in [0, 0.05) is 30.7 Å². The summed E-state index contributed by atoms with van der Waals surface area (Å²) >= 11 is 0. The molecule has 3 aromatic rings. The minimum Gasteiger partial charge on any atom is -0.379 e. The van der Waals surface area contributed by atoms with Gasteiger partial charge in [0.2, 0.25) is 0 Å². The van der Waals surface area contributed by atoms with E-state index in [0.717, 1.165) is 49.4 Å². The highest BCUT2D eigenvalue weighted by Gasteiger charge is 2.14. The van der Waals surface area contributed by atoms with Crippen LogP contribution in [0.4, 0.5) is 5.69 Å². The van der Waals surface area contributed by atoms with E-state index in [0.29, 0.717) is 5.69 Å². The molecule has 2 aromatic carbocycles. The molecule has 0 bridgehead atoms. The molecule has 1 aliphatic heterocycles. The molecule has 2 N–H and O–H groups in total. The summed E-state index contributed by atoms with van der Waals surface area (Å²) < 4.78 is 5.37. The Morgan fingerprint density at radius 2 is 1.88 bits per heavy atom. The Morgan fingerprint density at radius 1 is 1.12 bits per heavy atom. The summed E-state index contributed by atoms with van der Waals surface area (Å²) in [6.45, 7) is 4.43. The number of carbonyl (C=O) groups excluding carboxylic acids is 1. The number of aromatic nitrogens is 2. The number of rotatable bonds is 4. The zero-order valence-electron chi connectivity index (χ0n) is 13.9. The van der Waals surface area contributed by atoms with E-state index in [4.69, 9.17) is 4.74 Å². The van der Waals surface area contributed by atoms with Crippen molar-refractivity contribution in [3.63, 3.8) is 0 Å². The largest absolute Gasteiger partial charge is 0.379 e. The molecule has 0 unspecified atom stereocenters. The van der Waals surface area contributed by atoms with Crippen molar-refractivity contribution in [2.45, 2.75) is 6.54 Å². The molecular weight excluding hydrogens is 316 g/mol. The number of H-pyrrole nitrogens is 1. The third-order valence-electron chi connectivity index (χ3n) is 4.41. The molecule has 6 nitrogen and oxygen atoms in total. The number of ether oxygens (including phenoxy) is 1. The van der Waals surface area contributed by atoms with Crippen LogP contribution in [0.15, 0.2) is 48.5 Å². The van der Waals surface area contributed by atoms with Crippen molar-refractivity contribution in [3.05, 3.63) is 59.8 Å². The van der Waals surface area contributed by atoms with Crippen molar-refractivity contribution < 1.29 is 9.53 Å². The van der Waals surface area contributed by atoms with Gasteiger partial charge in [-0.2, -0.15) is 5.10 Å². The van der Waals surface area contributed by atoms with Gasteiger partial charge in [-0.3, -0.25) is 14.8 Å². The van der Waals surface area contributed by atoms with Crippen molar-refractivity contribution >= 4 is 22.5 Å². The molecule has 0 aliphatic carbocycles. The maximum Gasteiger partial charge on any atom is 0.276 e. The molecule has 1 fully saturated rings. The lowest BCUT2D eigenvalue weighted by molar-refractivity contribution is 0.0342. The zero-order chi connectivity index (χ0) is 17.1. The summed E-state index contributed by atoms with van der Waals surface area (Å²) in [6, 6.07) is 15.6. The number of benzene rings is 2. The van der Waals surface area contributed by atoms with Crippen molar-refractivity contribution in [2.24, 2.45) is 0 Å². The molecule has 128 valence electrons. The molecule has 1 saturated heterocycles. The van der Waals surface area contributed by atoms with Gasteiger partial charge < -0.3 is 10.1 Å². The van der Waals surface area contributed by atoms with Gasteiger partial charge in [0.15, 0.2) is 5.69 Å². The Morgan fingerprint density at radius 3 is 2.68 bits per heavy atom. The average molecular weight is 336 g/mol. The SMILES string of the molecule is O=C(Nc1ccc(CN2CCOCC2)cc1)c1n[nH]c2ccccc12. The van der Waals surface area contributed by atoms with Crippen LogP contribution in [0.1, 0.15) is 16.1 Å². The van der Waals surface area contributed by atoms with E-state index in [9.17, 15) is 4.79 Å². The summed E-state index contributed by atoms with van der Waals surface area (Å²) in [5, 5.41) is 10.7.